The molecule has 0 fully saturated rings. The van der Waals surface area contributed by atoms with Gasteiger partial charge in [0.1, 0.15) is 5.75 Å². The van der Waals surface area contributed by atoms with E-state index >= 15 is 0 Å². The number of benzene rings is 1. The van der Waals surface area contributed by atoms with Crippen LogP contribution in [0.25, 0.3) is 0 Å². The van der Waals surface area contributed by atoms with Crippen molar-refractivity contribution in [2.75, 3.05) is 21.3 Å². The van der Waals surface area contributed by atoms with Crippen LogP contribution in [0.1, 0.15) is 32.7 Å². The van der Waals surface area contributed by atoms with Crippen molar-refractivity contribution in [3.8, 4) is 5.75 Å². The van der Waals surface area contributed by atoms with Gasteiger partial charge in [0.05, 0.1) is 26.0 Å². The lowest BCUT2D eigenvalue weighted by Gasteiger charge is -2.19. The second-order valence-electron chi connectivity index (χ2n) is 5.84. The number of rotatable bonds is 6. The molecule has 2 rings (SSSR count). The Labute approximate surface area is 143 Å². The summed E-state index contributed by atoms with van der Waals surface area (Å²) < 4.78 is 10.5. The topological polar surface area (TPSA) is 51.7 Å². The van der Waals surface area contributed by atoms with E-state index in [0.29, 0.717) is 18.7 Å². The third-order valence-electron chi connectivity index (χ3n) is 4.00. The Bertz CT molecular complexity index is 711. The van der Waals surface area contributed by atoms with E-state index in [1.54, 1.807) is 32.4 Å². The second kappa shape index (κ2) is 7.93. The van der Waals surface area contributed by atoms with Gasteiger partial charge in [0.2, 0.25) is 0 Å². The Morgan fingerprint density at radius 2 is 1.83 bits per heavy atom. The summed E-state index contributed by atoms with van der Waals surface area (Å²) in [6.07, 6.45) is 1.78. The van der Waals surface area contributed by atoms with E-state index in [4.69, 9.17) is 9.47 Å². The number of methoxy groups -OCH3 is 2. The van der Waals surface area contributed by atoms with Crippen molar-refractivity contribution in [3.05, 3.63) is 58.4 Å². The van der Waals surface area contributed by atoms with Gasteiger partial charge in [-0.2, -0.15) is 0 Å². The first-order valence-electron chi connectivity index (χ1n) is 7.80. The van der Waals surface area contributed by atoms with Gasteiger partial charge in [-0.1, -0.05) is 12.1 Å². The standard InChI is InChI=1S/C19H24N2O3/c1-13-10-20-17(14(2)18(13)24-5)11-21(3)19(22)16-8-6-15(7-9-16)12-23-4/h6-10H,11-12H2,1-5H3. The molecule has 5 heteroatoms. The van der Waals surface area contributed by atoms with Crippen molar-refractivity contribution in [3.63, 3.8) is 0 Å². The molecule has 1 amide bonds. The number of amides is 1. The molecule has 0 aliphatic heterocycles. The summed E-state index contributed by atoms with van der Waals surface area (Å²) in [4.78, 5) is 18.7. The summed E-state index contributed by atoms with van der Waals surface area (Å²) in [6, 6.07) is 7.46. The van der Waals surface area contributed by atoms with E-state index in [2.05, 4.69) is 4.98 Å². The van der Waals surface area contributed by atoms with Gasteiger partial charge in [-0.3, -0.25) is 9.78 Å². The van der Waals surface area contributed by atoms with E-state index in [0.717, 1.165) is 28.1 Å². The molecule has 1 heterocycles. The minimum absolute atomic E-state index is 0.0419. The molecule has 0 unspecified atom stereocenters. The summed E-state index contributed by atoms with van der Waals surface area (Å²) in [5.41, 5.74) is 4.48. The Morgan fingerprint density at radius 1 is 1.17 bits per heavy atom. The molecule has 1 aromatic heterocycles. The Balaban J connectivity index is 2.14. The number of nitrogens with zero attached hydrogens (tertiary/aromatic N) is 2. The number of carbonyl (C=O) groups excluding carboxylic acids is 1. The molecule has 0 saturated heterocycles. The lowest BCUT2D eigenvalue weighted by Crippen LogP contribution is -2.27. The van der Waals surface area contributed by atoms with Gasteiger partial charge in [0.25, 0.3) is 5.91 Å². The average Bonchev–Trinajstić information content (AvgIpc) is 2.58. The summed E-state index contributed by atoms with van der Waals surface area (Å²) in [6.45, 7) is 4.89. The van der Waals surface area contributed by atoms with Gasteiger partial charge in [-0.25, -0.2) is 0 Å². The van der Waals surface area contributed by atoms with Gasteiger partial charge >= 0.3 is 0 Å². The van der Waals surface area contributed by atoms with Crippen LogP contribution in [0, 0.1) is 13.8 Å². The SMILES string of the molecule is COCc1ccc(C(=O)N(C)Cc2ncc(C)c(OC)c2C)cc1. The number of aromatic nitrogens is 1. The van der Waals surface area contributed by atoms with Crippen LogP contribution in [0.3, 0.4) is 0 Å². The first-order chi connectivity index (χ1) is 11.5. The minimum atomic E-state index is -0.0419. The quantitative estimate of drug-likeness (QED) is 0.817. The molecule has 0 spiro atoms. The summed E-state index contributed by atoms with van der Waals surface area (Å²) in [5.74, 6) is 0.782. The maximum Gasteiger partial charge on any atom is 0.253 e. The van der Waals surface area contributed by atoms with Crippen LogP contribution in [-0.4, -0.2) is 37.1 Å². The molecule has 0 bridgehead atoms. The normalized spacial score (nSPS) is 10.5. The highest BCUT2D eigenvalue weighted by Gasteiger charge is 2.16. The van der Waals surface area contributed by atoms with E-state index in [1.807, 2.05) is 38.1 Å². The Morgan fingerprint density at radius 3 is 2.42 bits per heavy atom. The number of hydrogen-bond acceptors (Lipinski definition) is 4. The van der Waals surface area contributed by atoms with E-state index in [9.17, 15) is 4.79 Å². The highest BCUT2D eigenvalue weighted by Crippen LogP contribution is 2.24. The van der Waals surface area contributed by atoms with Crippen LogP contribution in [0.15, 0.2) is 30.5 Å². The fraction of sp³-hybridized carbons (Fsp3) is 0.368. The number of aryl methyl sites for hydroxylation is 1. The fourth-order valence-electron chi connectivity index (χ4n) is 2.66. The fourth-order valence-corrected chi connectivity index (χ4v) is 2.66. The van der Waals surface area contributed by atoms with Crippen molar-refractivity contribution in [2.45, 2.75) is 27.0 Å². The number of hydrogen-bond donors (Lipinski definition) is 0. The largest absolute Gasteiger partial charge is 0.496 e. The highest BCUT2D eigenvalue weighted by atomic mass is 16.5. The zero-order valence-corrected chi connectivity index (χ0v) is 14.9. The van der Waals surface area contributed by atoms with Crippen molar-refractivity contribution in [1.82, 2.24) is 9.88 Å². The Kier molecular flexibility index (Phi) is 5.93. The third-order valence-corrected chi connectivity index (χ3v) is 4.00. The van der Waals surface area contributed by atoms with E-state index in [1.165, 1.54) is 0 Å². The number of carbonyl (C=O) groups is 1. The number of ether oxygens (including phenoxy) is 2. The molecular formula is C19H24N2O3. The smallest absolute Gasteiger partial charge is 0.253 e. The molecule has 0 aliphatic rings. The molecule has 128 valence electrons. The van der Waals surface area contributed by atoms with Crippen molar-refractivity contribution in [2.24, 2.45) is 0 Å². The highest BCUT2D eigenvalue weighted by molar-refractivity contribution is 5.94. The predicted octanol–water partition coefficient (Wildman–Crippen LogP) is 3.13. The van der Waals surface area contributed by atoms with Gasteiger partial charge in [0, 0.05) is 37.0 Å². The first-order valence-corrected chi connectivity index (χ1v) is 7.80. The molecule has 0 N–H and O–H groups in total. The van der Waals surface area contributed by atoms with Crippen LogP contribution in [0.4, 0.5) is 0 Å². The van der Waals surface area contributed by atoms with Crippen LogP contribution in [-0.2, 0) is 17.9 Å². The lowest BCUT2D eigenvalue weighted by atomic mass is 10.1. The van der Waals surface area contributed by atoms with Crippen LogP contribution < -0.4 is 4.74 Å². The first kappa shape index (κ1) is 17.9. The Hall–Kier alpha value is -2.40. The van der Waals surface area contributed by atoms with E-state index in [-0.39, 0.29) is 5.91 Å². The maximum atomic E-state index is 12.6. The molecule has 24 heavy (non-hydrogen) atoms. The predicted molar refractivity (Wildman–Crippen MR) is 93.2 cm³/mol. The molecular weight excluding hydrogens is 304 g/mol. The average molecular weight is 328 g/mol. The zero-order valence-electron chi connectivity index (χ0n) is 14.9. The maximum absolute atomic E-state index is 12.6. The molecule has 0 atom stereocenters. The molecule has 0 aliphatic carbocycles. The van der Waals surface area contributed by atoms with Crippen LogP contribution in [0.2, 0.25) is 0 Å². The number of pyridine rings is 1. The molecule has 2 aromatic rings. The van der Waals surface area contributed by atoms with Crippen LogP contribution in [0.5, 0.6) is 5.75 Å². The molecule has 0 saturated carbocycles. The van der Waals surface area contributed by atoms with Crippen molar-refractivity contribution < 1.29 is 14.3 Å². The minimum Gasteiger partial charge on any atom is -0.496 e. The van der Waals surface area contributed by atoms with E-state index < -0.39 is 0 Å². The van der Waals surface area contributed by atoms with Crippen molar-refractivity contribution in [1.29, 1.82) is 0 Å². The summed E-state index contributed by atoms with van der Waals surface area (Å²) in [7, 11) is 5.08. The lowest BCUT2D eigenvalue weighted by molar-refractivity contribution is 0.0783. The third kappa shape index (κ3) is 3.92. The zero-order chi connectivity index (χ0) is 17.7. The molecule has 0 radical (unpaired) electrons. The molecule has 5 nitrogen and oxygen atoms in total. The van der Waals surface area contributed by atoms with Gasteiger partial charge in [-0.05, 0) is 31.5 Å². The van der Waals surface area contributed by atoms with Crippen LogP contribution >= 0.6 is 0 Å². The second-order valence-corrected chi connectivity index (χ2v) is 5.84. The monoisotopic (exact) mass is 328 g/mol. The van der Waals surface area contributed by atoms with Crippen molar-refractivity contribution >= 4 is 5.91 Å². The van der Waals surface area contributed by atoms with Gasteiger partial charge in [0.15, 0.2) is 0 Å². The summed E-state index contributed by atoms with van der Waals surface area (Å²) >= 11 is 0. The summed E-state index contributed by atoms with van der Waals surface area (Å²) in [5, 5.41) is 0. The van der Waals surface area contributed by atoms with Gasteiger partial charge < -0.3 is 14.4 Å². The van der Waals surface area contributed by atoms with Gasteiger partial charge in [-0.15, -0.1) is 0 Å². The molecule has 1 aromatic carbocycles.